The van der Waals surface area contributed by atoms with Gasteiger partial charge < -0.3 is 10.4 Å². The van der Waals surface area contributed by atoms with Crippen LogP contribution in [0.2, 0.25) is 0 Å². The number of aromatic hydroxyl groups is 1. The summed E-state index contributed by atoms with van der Waals surface area (Å²) >= 11 is 0. The number of nitrogens with zero attached hydrogens (tertiary/aromatic N) is 3. The molecule has 0 bridgehead atoms. The Labute approximate surface area is 121 Å². The lowest BCUT2D eigenvalue weighted by atomic mass is 10.1. The maximum absolute atomic E-state index is 13.8. The Hall–Kier alpha value is -2.47. The lowest BCUT2D eigenvalue weighted by molar-refractivity contribution is 0.463. The number of rotatable bonds is 4. The quantitative estimate of drug-likeness (QED) is 0.773. The molecule has 5 nitrogen and oxygen atoms in total. The van der Waals surface area contributed by atoms with Crippen molar-refractivity contribution in [3.05, 3.63) is 59.8 Å². The molecular formula is C15H15FN4O. The second-order valence-corrected chi connectivity index (χ2v) is 4.85. The molecule has 1 atom stereocenters. The number of phenols is 1. The summed E-state index contributed by atoms with van der Waals surface area (Å²) in [7, 11) is 0. The van der Waals surface area contributed by atoms with Gasteiger partial charge in [-0.25, -0.2) is 4.39 Å². The van der Waals surface area contributed by atoms with Crippen molar-refractivity contribution in [2.75, 3.05) is 0 Å². The zero-order valence-corrected chi connectivity index (χ0v) is 11.5. The van der Waals surface area contributed by atoms with Gasteiger partial charge >= 0.3 is 0 Å². The van der Waals surface area contributed by atoms with Crippen molar-refractivity contribution in [2.24, 2.45) is 0 Å². The summed E-state index contributed by atoms with van der Waals surface area (Å²) in [6.07, 6.45) is 1.89. The van der Waals surface area contributed by atoms with E-state index in [4.69, 9.17) is 0 Å². The van der Waals surface area contributed by atoms with Crippen LogP contribution in [0.25, 0.3) is 5.65 Å². The number of halogens is 1. The van der Waals surface area contributed by atoms with Crippen LogP contribution in [0, 0.1) is 5.82 Å². The van der Waals surface area contributed by atoms with Gasteiger partial charge in [0.25, 0.3) is 0 Å². The molecule has 3 rings (SSSR count). The fourth-order valence-electron chi connectivity index (χ4n) is 2.23. The minimum Gasteiger partial charge on any atom is -0.508 e. The van der Waals surface area contributed by atoms with Gasteiger partial charge in [0.15, 0.2) is 11.5 Å². The van der Waals surface area contributed by atoms with Crippen LogP contribution in [0.3, 0.4) is 0 Å². The van der Waals surface area contributed by atoms with Gasteiger partial charge in [0.2, 0.25) is 0 Å². The third-order valence-corrected chi connectivity index (χ3v) is 3.40. The first-order valence-corrected chi connectivity index (χ1v) is 6.65. The lowest BCUT2D eigenvalue weighted by Gasteiger charge is -2.14. The molecule has 2 N–H and O–H groups in total. The van der Waals surface area contributed by atoms with Gasteiger partial charge in [-0.15, -0.1) is 10.2 Å². The minimum absolute atomic E-state index is 0.0769. The van der Waals surface area contributed by atoms with E-state index in [2.05, 4.69) is 15.5 Å². The van der Waals surface area contributed by atoms with Gasteiger partial charge in [-0.3, -0.25) is 4.40 Å². The number of aromatic nitrogens is 3. The van der Waals surface area contributed by atoms with E-state index in [1.165, 1.54) is 6.07 Å². The molecule has 0 saturated carbocycles. The molecule has 1 unspecified atom stereocenters. The highest BCUT2D eigenvalue weighted by Crippen LogP contribution is 2.21. The third-order valence-electron chi connectivity index (χ3n) is 3.40. The van der Waals surface area contributed by atoms with Crippen LogP contribution < -0.4 is 5.32 Å². The van der Waals surface area contributed by atoms with Crippen LogP contribution in [0.1, 0.15) is 24.4 Å². The molecule has 0 spiro atoms. The van der Waals surface area contributed by atoms with Crippen molar-refractivity contribution >= 4 is 5.65 Å². The molecule has 0 aliphatic carbocycles. The molecule has 6 heteroatoms. The standard InChI is InChI=1S/C15H15FN4O/c1-10(12-6-5-11(21)8-13(12)16)17-9-15-19-18-14-4-2-3-7-20(14)15/h2-8,10,17,21H,9H2,1H3. The second-order valence-electron chi connectivity index (χ2n) is 4.85. The molecule has 108 valence electrons. The van der Waals surface area contributed by atoms with Gasteiger partial charge in [0.1, 0.15) is 11.6 Å². The minimum atomic E-state index is -0.430. The fraction of sp³-hybridized carbons (Fsp3) is 0.200. The van der Waals surface area contributed by atoms with E-state index in [-0.39, 0.29) is 11.8 Å². The van der Waals surface area contributed by atoms with Crippen molar-refractivity contribution in [1.82, 2.24) is 19.9 Å². The number of hydrogen-bond acceptors (Lipinski definition) is 4. The average Bonchev–Trinajstić information content (AvgIpc) is 2.88. The van der Waals surface area contributed by atoms with Crippen molar-refractivity contribution in [3.63, 3.8) is 0 Å². The number of fused-ring (bicyclic) bond motifs is 1. The summed E-state index contributed by atoms with van der Waals surface area (Å²) in [5.41, 5.74) is 1.28. The molecule has 3 aromatic rings. The molecule has 0 saturated heterocycles. The maximum atomic E-state index is 13.8. The summed E-state index contributed by atoms with van der Waals surface area (Å²) in [4.78, 5) is 0. The SMILES string of the molecule is CC(NCc1nnc2ccccn12)c1ccc(O)cc1F. The summed E-state index contributed by atoms with van der Waals surface area (Å²) < 4.78 is 15.7. The van der Waals surface area contributed by atoms with Crippen molar-refractivity contribution in [2.45, 2.75) is 19.5 Å². The molecule has 0 amide bonds. The largest absolute Gasteiger partial charge is 0.508 e. The predicted molar refractivity (Wildman–Crippen MR) is 76.3 cm³/mol. The summed E-state index contributed by atoms with van der Waals surface area (Å²) in [6.45, 7) is 2.32. The Morgan fingerprint density at radius 1 is 1.29 bits per heavy atom. The molecule has 1 aromatic carbocycles. The molecule has 21 heavy (non-hydrogen) atoms. The van der Waals surface area contributed by atoms with Gasteiger partial charge in [0.05, 0.1) is 6.54 Å². The first-order chi connectivity index (χ1) is 10.1. The molecule has 0 aliphatic heterocycles. The van der Waals surface area contributed by atoms with E-state index in [1.54, 1.807) is 6.07 Å². The molecule has 0 fully saturated rings. The highest BCUT2D eigenvalue weighted by atomic mass is 19.1. The normalized spacial score (nSPS) is 12.7. The zero-order chi connectivity index (χ0) is 14.8. The van der Waals surface area contributed by atoms with Crippen LogP contribution in [0.5, 0.6) is 5.75 Å². The molecule has 2 heterocycles. The number of nitrogens with one attached hydrogen (secondary N) is 1. The third kappa shape index (κ3) is 2.71. The van der Waals surface area contributed by atoms with Crippen LogP contribution >= 0.6 is 0 Å². The maximum Gasteiger partial charge on any atom is 0.160 e. The Morgan fingerprint density at radius 2 is 2.14 bits per heavy atom. The second kappa shape index (κ2) is 5.49. The van der Waals surface area contributed by atoms with Crippen LogP contribution in [0.4, 0.5) is 4.39 Å². The Balaban J connectivity index is 1.75. The van der Waals surface area contributed by atoms with Gasteiger partial charge in [-0.1, -0.05) is 12.1 Å². The monoisotopic (exact) mass is 286 g/mol. The van der Waals surface area contributed by atoms with E-state index in [0.29, 0.717) is 12.1 Å². The number of phenolic OH excluding ortho intramolecular Hbond substituents is 1. The van der Waals surface area contributed by atoms with Crippen LogP contribution in [-0.2, 0) is 6.54 Å². The van der Waals surface area contributed by atoms with Gasteiger partial charge in [0, 0.05) is 23.9 Å². The molecule has 0 radical (unpaired) electrons. The van der Waals surface area contributed by atoms with Crippen molar-refractivity contribution in [3.8, 4) is 5.75 Å². The van der Waals surface area contributed by atoms with Gasteiger partial charge in [-0.05, 0) is 25.1 Å². The van der Waals surface area contributed by atoms with Crippen LogP contribution in [0.15, 0.2) is 42.6 Å². The average molecular weight is 286 g/mol. The van der Waals surface area contributed by atoms with Crippen molar-refractivity contribution < 1.29 is 9.50 Å². The van der Waals surface area contributed by atoms with E-state index in [0.717, 1.165) is 17.5 Å². The van der Waals surface area contributed by atoms with E-state index < -0.39 is 5.82 Å². The van der Waals surface area contributed by atoms with Gasteiger partial charge in [-0.2, -0.15) is 0 Å². The van der Waals surface area contributed by atoms with E-state index in [9.17, 15) is 9.50 Å². The highest BCUT2D eigenvalue weighted by Gasteiger charge is 2.12. The Bertz CT molecular complexity index is 771. The number of hydrogen-bond donors (Lipinski definition) is 2. The first kappa shape index (κ1) is 13.5. The summed E-state index contributed by atoms with van der Waals surface area (Å²) in [5.74, 6) is 0.254. The van der Waals surface area contributed by atoms with E-state index in [1.807, 2.05) is 35.7 Å². The Morgan fingerprint density at radius 3 is 2.95 bits per heavy atom. The number of pyridine rings is 1. The Kier molecular flexibility index (Phi) is 3.53. The van der Waals surface area contributed by atoms with Crippen LogP contribution in [-0.4, -0.2) is 19.7 Å². The zero-order valence-electron chi connectivity index (χ0n) is 11.5. The highest BCUT2D eigenvalue weighted by molar-refractivity contribution is 5.37. The fourth-order valence-corrected chi connectivity index (χ4v) is 2.23. The number of benzene rings is 1. The lowest BCUT2D eigenvalue weighted by Crippen LogP contribution is -2.20. The summed E-state index contributed by atoms with van der Waals surface area (Å²) in [5, 5.41) is 20.6. The molecular weight excluding hydrogens is 271 g/mol. The molecule has 2 aromatic heterocycles. The summed E-state index contributed by atoms with van der Waals surface area (Å²) in [6, 6.07) is 9.63. The molecule has 0 aliphatic rings. The van der Waals surface area contributed by atoms with Crippen molar-refractivity contribution in [1.29, 1.82) is 0 Å². The topological polar surface area (TPSA) is 62.5 Å². The smallest absolute Gasteiger partial charge is 0.160 e. The van der Waals surface area contributed by atoms with E-state index >= 15 is 0 Å². The first-order valence-electron chi connectivity index (χ1n) is 6.65. The predicted octanol–water partition coefficient (Wildman–Crippen LogP) is 2.42.